The van der Waals surface area contributed by atoms with Crippen LogP contribution in [-0.2, 0) is 0 Å². The molecule has 0 radical (unpaired) electrons. The first-order valence-corrected chi connectivity index (χ1v) is 7.64. The molecule has 0 spiro atoms. The van der Waals surface area contributed by atoms with Gasteiger partial charge in [-0.1, -0.05) is 24.1 Å². The van der Waals surface area contributed by atoms with Crippen LogP contribution in [0.2, 0.25) is 0 Å². The Morgan fingerprint density at radius 1 is 0.929 bits per heavy atom. The minimum absolute atomic E-state index is 0.170. The van der Waals surface area contributed by atoms with E-state index in [-0.39, 0.29) is 16.7 Å². The van der Waals surface area contributed by atoms with Gasteiger partial charge in [-0.3, -0.25) is 0 Å². The summed E-state index contributed by atoms with van der Waals surface area (Å²) in [6.45, 7) is 0. The van der Waals surface area contributed by atoms with Crippen LogP contribution in [0.1, 0.15) is 15.9 Å². The Bertz CT molecular complexity index is 1120. The number of halogens is 6. The Hall–Kier alpha value is -3.47. The van der Waals surface area contributed by atoms with Crippen LogP contribution in [0.5, 0.6) is 5.75 Å². The van der Waals surface area contributed by atoms with Crippen LogP contribution in [0.15, 0.2) is 48.5 Å². The molecule has 3 aromatic carbocycles. The Morgan fingerprint density at radius 3 is 2.25 bits per heavy atom. The van der Waals surface area contributed by atoms with Crippen molar-refractivity contribution < 1.29 is 35.9 Å². The Morgan fingerprint density at radius 2 is 1.61 bits per heavy atom. The van der Waals surface area contributed by atoms with Crippen molar-refractivity contribution in [3.63, 3.8) is 0 Å². The van der Waals surface area contributed by atoms with E-state index in [0.717, 1.165) is 12.0 Å². The second-order valence-corrected chi connectivity index (χ2v) is 5.55. The first kappa shape index (κ1) is 19.3. The molecule has 0 aliphatic carbocycles. The summed E-state index contributed by atoms with van der Waals surface area (Å²) < 4.78 is 84.3. The summed E-state index contributed by atoms with van der Waals surface area (Å²) in [6, 6.07) is 10.0. The summed E-state index contributed by atoms with van der Waals surface area (Å²) in [7, 11) is 0. The highest BCUT2D eigenvalue weighted by atomic mass is 19.4. The first-order valence-electron chi connectivity index (χ1n) is 7.64. The van der Waals surface area contributed by atoms with Crippen molar-refractivity contribution in [2.75, 3.05) is 0 Å². The van der Waals surface area contributed by atoms with Gasteiger partial charge in [0, 0.05) is 5.92 Å². The fourth-order valence-electron chi connectivity index (χ4n) is 2.43. The standard InChI is InChI=1S/C20H8F6O2/c21-15-9-11-8-12(19(27)28-13-4-2-1-3-5-13)10-16(22)17(11)18(23)14(15)6-7-20(24,25)26/h1-5,8-10H. The zero-order valence-corrected chi connectivity index (χ0v) is 13.7. The Kier molecular flexibility index (Phi) is 5.01. The predicted molar refractivity (Wildman–Crippen MR) is 88.2 cm³/mol. The summed E-state index contributed by atoms with van der Waals surface area (Å²) in [5, 5.41) is -1.16. The average molecular weight is 394 g/mol. The molecule has 0 aliphatic heterocycles. The van der Waals surface area contributed by atoms with Crippen molar-refractivity contribution in [2.24, 2.45) is 0 Å². The predicted octanol–water partition coefficient (Wildman–Crippen LogP) is 5.39. The highest BCUT2D eigenvalue weighted by Crippen LogP contribution is 2.28. The molecule has 0 amide bonds. The molecule has 3 aromatic rings. The maximum atomic E-state index is 14.4. The van der Waals surface area contributed by atoms with Crippen LogP contribution in [0.4, 0.5) is 26.3 Å². The number of benzene rings is 3. The van der Waals surface area contributed by atoms with E-state index >= 15 is 0 Å². The molecule has 0 unspecified atom stereocenters. The van der Waals surface area contributed by atoms with E-state index < -0.39 is 40.5 Å². The normalized spacial score (nSPS) is 11.1. The fourth-order valence-corrected chi connectivity index (χ4v) is 2.43. The minimum Gasteiger partial charge on any atom is -0.423 e. The molecule has 0 aromatic heterocycles. The molecular weight excluding hydrogens is 386 g/mol. The van der Waals surface area contributed by atoms with E-state index in [2.05, 4.69) is 0 Å². The van der Waals surface area contributed by atoms with Crippen LogP contribution in [0, 0.1) is 29.3 Å². The third-order valence-electron chi connectivity index (χ3n) is 3.60. The number of fused-ring (bicyclic) bond motifs is 1. The first-order chi connectivity index (χ1) is 13.2. The van der Waals surface area contributed by atoms with Crippen LogP contribution < -0.4 is 4.74 Å². The average Bonchev–Trinajstić information content (AvgIpc) is 2.60. The zero-order chi connectivity index (χ0) is 20.5. The monoisotopic (exact) mass is 394 g/mol. The molecule has 0 atom stereocenters. The van der Waals surface area contributed by atoms with E-state index in [4.69, 9.17) is 4.74 Å². The number of esters is 1. The molecule has 8 heteroatoms. The maximum absolute atomic E-state index is 14.4. The molecule has 0 bridgehead atoms. The lowest BCUT2D eigenvalue weighted by molar-refractivity contribution is -0.0696. The molecule has 142 valence electrons. The van der Waals surface area contributed by atoms with E-state index in [1.165, 1.54) is 18.1 Å². The molecule has 3 rings (SSSR count). The van der Waals surface area contributed by atoms with Gasteiger partial charge in [-0.15, -0.1) is 0 Å². The van der Waals surface area contributed by atoms with Crippen molar-refractivity contribution in [2.45, 2.75) is 6.18 Å². The van der Waals surface area contributed by atoms with Crippen LogP contribution >= 0.6 is 0 Å². The summed E-state index contributed by atoms with van der Waals surface area (Å²) in [5.41, 5.74) is -1.55. The molecule has 0 saturated heterocycles. The smallest absolute Gasteiger partial charge is 0.423 e. The summed E-state index contributed by atoms with van der Waals surface area (Å²) in [6.07, 6.45) is -4.97. The number of rotatable bonds is 2. The van der Waals surface area contributed by atoms with E-state index in [1.807, 2.05) is 0 Å². The van der Waals surface area contributed by atoms with Crippen LogP contribution in [0.25, 0.3) is 10.8 Å². The van der Waals surface area contributed by atoms with E-state index in [1.54, 1.807) is 18.2 Å². The van der Waals surface area contributed by atoms with Crippen molar-refractivity contribution in [1.82, 2.24) is 0 Å². The molecule has 0 N–H and O–H groups in total. The van der Waals surface area contributed by atoms with Gasteiger partial charge in [0.25, 0.3) is 0 Å². The molecule has 28 heavy (non-hydrogen) atoms. The number of alkyl halides is 3. The van der Waals surface area contributed by atoms with E-state index in [0.29, 0.717) is 12.1 Å². The lowest BCUT2D eigenvalue weighted by Gasteiger charge is -2.09. The van der Waals surface area contributed by atoms with Crippen LogP contribution in [0.3, 0.4) is 0 Å². The van der Waals surface area contributed by atoms with Crippen molar-refractivity contribution in [1.29, 1.82) is 0 Å². The number of carbonyl (C=O) groups excluding carboxylic acids is 1. The quantitative estimate of drug-likeness (QED) is 0.252. The highest BCUT2D eigenvalue weighted by Gasteiger charge is 2.24. The third kappa shape index (κ3) is 4.09. The van der Waals surface area contributed by atoms with Crippen LogP contribution in [-0.4, -0.2) is 12.1 Å². The van der Waals surface area contributed by atoms with E-state index in [9.17, 15) is 31.1 Å². The van der Waals surface area contributed by atoms with Gasteiger partial charge in [0.05, 0.1) is 16.5 Å². The van der Waals surface area contributed by atoms with Gasteiger partial charge in [-0.25, -0.2) is 18.0 Å². The minimum atomic E-state index is -4.97. The van der Waals surface area contributed by atoms with Crippen molar-refractivity contribution in [3.05, 3.63) is 77.1 Å². The molecular formula is C20H8F6O2. The van der Waals surface area contributed by atoms with Gasteiger partial charge in [-0.2, -0.15) is 13.2 Å². The largest absolute Gasteiger partial charge is 0.458 e. The lowest BCUT2D eigenvalue weighted by Crippen LogP contribution is -2.09. The van der Waals surface area contributed by atoms with Crippen molar-refractivity contribution >= 4 is 16.7 Å². The number of para-hydroxylation sites is 1. The molecule has 0 aliphatic rings. The molecule has 0 fully saturated rings. The van der Waals surface area contributed by atoms with Gasteiger partial charge in [-0.05, 0) is 35.7 Å². The zero-order valence-electron chi connectivity index (χ0n) is 13.7. The number of hydrogen-bond acceptors (Lipinski definition) is 2. The van der Waals surface area contributed by atoms with Gasteiger partial charge in [0.2, 0.25) is 0 Å². The third-order valence-corrected chi connectivity index (χ3v) is 3.60. The SMILES string of the molecule is O=C(Oc1ccccc1)c1cc(F)c2c(F)c(C#CC(F)(F)F)c(F)cc2c1. The Balaban J connectivity index is 2.06. The molecule has 2 nitrogen and oxygen atoms in total. The van der Waals surface area contributed by atoms with Gasteiger partial charge >= 0.3 is 12.1 Å². The lowest BCUT2D eigenvalue weighted by atomic mass is 10.0. The molecule has 0 heterocycles. The van der Waals surface area contributed by atoms with Gasteiger partial charge in [0.1, 0.15) is 17.4 Å². The summed E-state index contributed by atoms with van der Waals surface area (Å²) in [5.74, 6) is -3.03. The fraction of sp³-hybridized carbons (Fsp3) is 0.0500. The second-order valence-electron chi connectivity index (χ2n) is 5.55. The Labute approximate surface area is 154 Å². The highest BCUT2D eigenvalue weighted by molar-refractivity contribution is 5.97. The second kappa shape index (κ2) is 7.27. The van der Waals surface area contributed by atoms with Crippen molar-refractivity contribution in [3.8, 4) is 17.6 Å². The van der Waals surface area contributed by atoms with Gasteiger partial charge < -0.3 is 4.74 Å². The topological polar surface area (TPSA) is 26.3 Å². The summed E-state index contributed by atoms with van der Waals surface area (Å²) >= 11 is 0. The number of hydrogen-bond donors (Lipinski definition) is 0. The number of carbonyl (C=O) groups is 1. The maximum Gasteiger partial charge on any atom is 0.458 e. The van der Waals surface area contributed by atoms with Gasteiger partial charge in [0.15, 0.2) is 5.82 Å². The molecule has 0 saturated carbocycles. The number of ether oxygens (including phenoxy) is 1. The summed E-state index contributed by atoms with van der Waals surface area (Å²) in [4.78, 5) is 12.1.